The van der Waals surface area contributed by atoms with Crippen molar-refractivity contribution in [2.45, 2.75) is 32.2 Å². The van der Waals surface area contributed by atoms with E-state index in [0.717, 1.165) is 29.5 Å². The highest BCUT2D eigenvalue weighted by Gasteiger charge is 2.17. The monoisotopic (exact) mass is 324 g/mol. The molecule has 1 saturated heterocycles. The van der Waals surface area contributed by atoms with Crippen molar-refractivity contribution in [2.24, 2.45) is 5.92 Å². The van der Waals surface area contributed by atoms with Gasteiger partial charge in [0.2, 0.25) is 5.91 Å². The summed E-state index contributed by atoms with van der Waals surface area (Å²) in [6.07, 6.45) is 2.82. The van der Waals surface area contributed by atoms with Crippen LogP contribution in [0.2, 0.25) is 0 Å². The number of benzene rings is 1. The van der Waals surface area contributed by atoms with Crippen LogP contribution in [0.25, 0.3) is 0 Å². The fourth-order valence-corrected chi connectivity index (χ4v) is 3.14. The van der Waals surface area contributed by atoms with Crippen molar-refractivity contribution in [1.82, 2.24) is 10.6 Å². The van der Waals surface area contributed by atoms with Gasteiger partial charge in [-0.1, -0.05) is 34.1 Å². The normalized spacial score (nSPS) is 20.2. The van der Waals surface area contributed by atoms with Crippen molar-refractivity contribution in [1.29, 1.82) is 0 Å². The summed E-state index contributed by atoms with van der Waals surface area (Å²) in [7, 11) is 0. The Labute approximate surface area is 123 Å². The molecule has 0 saturated carbocycles. The van der Waals surface area contributed by atoms with Crippen LogP contribution in [0.3, 0.4) is 0 Å². The first-order valence-corrected chi connectivity index (χ1v) is 7.70. The van der Waals surface area contributed by atoms with E-state index >= 15 is 0 Å². The third kappa shape index (κ3) is 4.32. The van der Waals surface area contributed by atoms with Gasteiger partial charge in [-0.05, 0) is 50.4 Å². The van der Waals surface area contributed by atoms with E-state index in [1.54, 1.807) is 0 Å². The first-order valence-electron chi connectivity index (χ1n) is 6.91. The number of hydrogen-bond acceptors (Lipinski definition) is 2. The maximum absolute atomic E-state index is 11.9. The van der Waals surface area contributed by atoms with Gasteiger partial charge in [0.25, 0.3) is 0 Å². The maximum Gasteiger partial charge on any atom is 0.220 e. The van der Waals surface area contributed by atoms with Crippen molar-refractivity contribution in [2.75, 3.05) is 13.1 Å². The summed E-state index contributed by atoms with van der Waals surface area (Å²) in [4.78, 5) is 11.9. The lowest BCUT2D eigenvalue weighted by atomic mass is 10.0. The predicted octanol–water partition coefficient (Wildman–Crippen LogP) is 3.02. The molecule has 1 aromatic carbocycles. The summed E-state index contributed by atoms with van der Waals surface area (Å²) in [6, 6.07) is 8.06. The quantitative estimate of drug-likeness (QED) is 0.874. The second-order valence-electron chi connectivity index (χ2n) is 5.21. The molecule has 1 aromatic rings. The molecule has 3 nitrogen and oxygen atoms in total. The zero-order chi connectivity index (χ0) is 13.7. The van der Waals surface area contributed by atoms with E-state index in [1.165, 1.54) is 6.42 Å². The third-order valence-electron chi connectivity index (χ3n) is 3.69. The molecule has 4 heteroatoms. The van der Waals surface area contributed by atoms with Gasteiger partial charge in [0, 0.05) is 10.9 Å². The van der Waals surface area contributed by atoms with Crippen molar-refractivity contribution in [3.63, 3.8) is 0 Å². The van der Waals surface area contributed by atoms with Crippen LogP contribution in [-0.2, 0) is 4.79 Å². The molecule has 104 valence electrons. The summed E-state index contributed by atoms with van der Waals surface area (Å²) in [5.74, 6) is 0.819. The van der Waals surface area contributed by atoms with Crippen LogP contribution < -0.4 is 10.6 Å². The zero-order valence-electron chi connectivity index (χ0n) is 11.3. The minimum Gasteiger partial charge on any atom is -0.350 e. The van der Waals surface area contributed by atoms with E-state index in [2.05, 4.69) is 26.6 Å². The highest BCUT2D eigenvalue weighted by atomic mass is 79.9. The Morgan fingerprint density at radius 1 is 1.53 bits per heavy atom. The molecule has 1 fully saturated rings. The third-order valence-corrected chi connectivity index (χ3v) is 4.41. The van der Waals surface area contributed by atoms with Gasteiger partial charge in [-0.3, -0.25) is 4.79 Å². The fourth-order valence-electron chi connectivity index (χ4n) is 2.51. The highest BCUT2D eigenvalue weighted by Crippen LogP contribution is 2.23. The van der Waals surface area contributed by atoms with Gasteiger partial charge in [0.1, 0.15) is 0 Å². The lowest BCUT2D eigenvalue weighted by Crippen LogP contribution is -2.27. The summed E-state index contributed by atoms with van der Waals surface area (Å²) < 4.78 is 1.04. The van der Waals surface area contributed by atoms with Crippen LogP contribution >= 0.6 is 15.9 Å². The van der Waals surface area contributed by atoms with Crippen molar-refractivity contribution in [3.05, 3.63) is 34.3 Å². The molecule has 1 heterocycles. The fraction of sp³-hybridized carbons (Fsp3) is 0.533. The summed E-state index contributed by atoms with van der Waals surface area (Å²) in [5, 5.41) is 6.40. The van der Waals surface area contributed by atoms with Gasteiger partial charge in [0.05, 0.1) is 6.04 Å². The summed E-state index contributed by atoms with van der Waals surface area (Å²) in [5.41, 5.74) is 1.12. The van der Waals surface area contributed by atoms with Crippen LogP contribution in [-0.4, -0.2) is 19.0 Å². The molecule has 1 aliphatic rings. The smallest absolute Gasteiger partial charge is 0.220 e. The molecule has 2 rings (SSSR count). The molecule has 0 aromatic heterocycles. The first kappa shape index (κ1) is 14.5. The number of nitrogens with one attached hydrogen (secondary N) is 2. The largest absolute Gasteiger partial charge is 0.350 e. The Balaban J connectivity index is 1.79. The Hall–Kier alpha value is -0.870. The Morgan fingerprint density at radius 2 is 2.32 bits per heavy atom. The van der Waals surface area contributed by atoms with Crippen molar-refractivity contribution < 1.29 is 4.79 Å². The van der Waals surface area contributed by atoms with E-state index < -0.39 is 0 Å². The number of amides is 1. The Morgan fingerprint density at radius 3 is 3.00 bits per heavy atom. The van der Waals surface area contributed by atoms with E-state index in [1.807, 2.05) is 31.2 Å². The molecule has 2 atom stereocenters. The lowest BCUT2D eigenvalue weighted by Gasteiger charge is -2.16. The zero-order valence-corrected chi connectivity index (χ0v) is 12.9. The topological polar surface area (TPSA) is 41.1 Å². The van der Waals surface area contributed by atoms with Crippen LogP contribution in [0.5, 0.6) is 0 Å². The van der Waals surface area contributed by atoms with Gasteiger partial charge in [-0.25, -0.2) is 0 Å². The van der Waals surface area contributed by atoms with Crippen LogP contribution in [0.4, 0.5) is 0 Å². The molecule has 0 radical (unpaired) electrons. The van der Waals surface area contributed by atoms with Crippen LogP contribution in [0.15, 0.2) is 28.7 Å². The molecule has 1 aliphatic heterocycles. The van der Waals surface area contributed by atoms with Gasteiger partial charge in [-0.15, -0.1) is 0 Å². The van der Waals surface area contributed by atoms with E-state index in [0.29, 0.717) is 12.3 Å². The van der Waals surface area contributed by atoms with Crippen molar-refractivity contribution >= 4 is 21.8 Å². The minimum absolute atomic E-state index is 0.0461. The standard InChI is InChI=1S/C15H21BrN2O/c1-11(13-4-2-3-5-14(13)16)18-15(19)7-6-12-8-9-17-10-12/h2-5,11-12,17H,6-10H2,1H3,(H,18,19)/t11-,12?/m1/s1. The van der Waals surface area contributed by atoms with Gasteiger partial charge >= 0.3 is 0 Å². The van der Waals surface area contributed by atoms with Crippen molar-refractivity contribution in [3.8, 4) is 0 Å². The van der Waals surface area contributed by atoms with Crippen LogP contribution in [0, 0.1) is 5.92 Å². The number of hydrogen-bond donors (Lipinski definition) is 2. The molecule has 0 bridgehead atoms. The Bertz CT molecular complexity index is 430. The molecule has 1 unspecified atom stereocenters. The molecule has 2 N–H and O–H groups in total. The van der Waals surface area contributed by atoms with Gasteiger partial charge in [0.15, 0.2) is 0 Å². The second-order valence-corrected chi connectivity index (χ2v) is 6.06. The molecular formula is C15H21BrN2O. The van der Waals surface area contributed by atoms with Gasteiger partial charge < -0.3 is 10.6 Å². The summed E-state index contributed by atoms with van der Waals surface area (Å²) >= 11 is 3.52. The highest BCUT2D eigenvalue weighted by molar-refractivity contribution is 9.10. The molecule has 0 aliphatic carbocycles. The minimum atomic E-state index is 0.0461. The van der Waals surface area contributed by atoms with Crippen LogP contribution in [0.1, 0.15) is 37.8 Å². The maximum atomic E-state index is 11.9. The lowest BCUT2D eigenvalue weighted by molar-refractivity contribution is -0.122. The number of halogens is 1. The Kier molecular flexibility index (Phi) is 5.40. The molecular weight excluding hydrogens is 304 g/mol. The molecule has 1 amide bonds. The van der Waals surface area contributed by atoms with E-state index in [-0.39, 0.29) is 11.9 Å². The average Bonchev–Trinajstić information content (AvgIpc) is 2.90. The predicted molar refractivity (Wildman–Crippen MR) is 80.9 cm³/mol. The first-order chi connectivity index (χ1) is 9.16. The number of carbonyl (C=O) groups excluding carboxylic acids is 1. The molecule has 0 spiro atoms. The number of carbonyl (C=O) groups is 1. The number of rotatable bonds is 5. The second kappa shape index (κ2) is 7.06. The van der Waals surface area contributed by atoms with E-state index in [9.17, 15) is 4.79 Å². The van der Waals surface area contributed by atoms with Gasteiger partial charge in [-0.2, -0.15) is 0 Å². The summed E-state index contributed by atoms with van der Waals surface area (Å²) in [6.45, 7) is 4.18. The SMILES string of the molecule is C[C@@H](NC(=O)CCC1CCNC1)c1ccccc1Br. The molecule has 19 heavy (non-hydrogen) atoms. The van der Waals surface area contributed by atoms with E-state index in [4.69, 9.17) is 0 Å². The average molecular weight is 325 g/mol.